The second kappa shape index (κ2) is 10.3. The van der Waals surface area contributed by atoms with E-state index in [0.29, 0.717) is 49.0 Å². The van der Waals surface area contributed by atoms with Crippen molar-refractivity contribution in [3.63, 3.8) is 0 Å². The first-order chi connectivity index (χ1) is 16.4. The highest BCUT2D eigenvalue weighted by atomic mass is 35.5. The first-order valence-electron chi connectivity index (χ1n) is 11.5. The van der Waals surface area contributed by atoms with E-state index >= 15 is 0 Å². The summed E-state index contributed by atoms with van der Waals surface area (Å²) in [6.07, 6.45) is 2.50. The highest BCUT2D eigenvalue weighted by molar-refractivity contribution is 6.33. The zero-order chi connectivity index (χ0) is 24.2. The Balaban J connectivity index is 1.44. The molecule has 4 rings (SSSR count). The van der Waals surface area contributed by atoms with Gasteiger partial charge in [-0.1, -0.05) is 18.5 Å². The topological polar surface area (TPSA) is 99.0 Å². The third-order valence-electron chi connectivity index (χ3n) is 6.36. The molecule has 2 aliphatic rings. The molecule has 0 aromatic heterocycles. The van der Waals surface area contributed by atoms with E-state index in [9.17, 15) is 19.7 Å². The van der Waals surface area contributed by atoms with Crippen LogP contribution in [0.3, 0.4) is 0 Å². The van der Waals surface area contributed by atoms with Crippen molar-refractivity contribution < 1.29 is 14.5 Å². The van der Waals surface area contributed by atoms with Crippen molar-refractivity contribution in [2.45, 2.75) is 26.2 Å². The molecule has 10 heteroatoms. The van der Waals surface area contributed by atoms with Crippen molar-refractivity contribution >= 4 is 46.2 Å². The van der Waals surface area contributed by atoms with Gasteiger partial charge in [-0.15, -0.1) is 0 Å². The van der Waals surface area contributed by atoms with Crippen LogP contribution in [0.25, 0.3) is 0 Å². The van der Waals surface area contributed by atoms with Crippen LogP contribution in [0, 0.1) is 10.1 Å². The van der Waals surface area contributed by atoms with Crippen LogP contribution in [0.15, 0.2) is 36.4 Å². The number of carbonyl (C=O) groups excluding carboxylic acids is 2. The molecule has 2 aromatic carbocycles. The van der Waals surface area contributed by atoms with Gasteiger partial charge in [-0.25, -0.2) is 0 Å². The minimum absolute atomic E-state index is 0.0661. The smallest absolute Gasteiger partial charge is 0.293 e. The Hall–Kier alpha value is -3.33. The monoisotopic (exact) mass is 485 g/mol. The summed E-state index contributed by atoms with van der Waals surface area (Å²) in [6.45, 7) is 6.08. The van der Waals surface area contributed by atoms with Crippen LogP contribution in [-0.4, -0.2) is 60.9 Å². The maximum atomic E-state index is 12.8. The van der Waals surface area contributed by atoms with Crippen molar-refractivity contribution in [1.29, 1.82) is 0 Å². The van der Waals surface area contributed by atoms with E-state index in [2.05, 4.69) is 10.2 Å². The Bertz CT molecular complexity index is 1090. The molecule has 1 N–H and O–H groups in total. The Labute approximate surface area is 203 Å². The molecule has 2 aliphatic heterocycles. The van der Waals surface area contributed by atoms with Gasteiger partial charge in [0.25, 0.3) is 11.6 Å². The van der Waals surface area contributed by atoms with Crippen LogP contribution in [-0.2, 0) is 4.79 Å². The second-order valence-corrected chi connectivity index (χ2v) is 8.90. The number of nitrogens with zero attached hydrogens (tertiary/aromatic N) is 4. The van der Waals surface area contributed by atoms with E-state index in [1.54, 1.807) is 24.3 Å². The standard InChI is InChI=1S/C24H28ClN5O4/c1-2-23(31)29-13-11-28(12-14-29)20-8-6-18(16-19(20)25)26-24(32)17-5-7-21(22(15-17)30(33)34)27-9-3-4-10-27/h5-8,15-16H,2-4,9-14H2,1H3,(H,26,32). The summed E-state index contributed by atoms with van der Waals surface area (Å²) in [6, 6.07) is 9.87. The lowest BCUT2D eigenvalue weighted by atomic mass is 10.1. The molecule has 180 valence electrons. The number of nitrogens with one attached hydrogen (secondary N) is 1. The summed E-state index contributed by atoms with van der Waals surface area (Å²) in [5.41, 5.74) is 2.04. The number of hydrogen-bond donors (Lipinski definition) is 1. The summed E-state index contributed by atoms with van der Waals surface area (Å²) in [5.74, 6) is -0.288. The highest BCUT2D eigenvalue weighted by Gasteiger charge is 2.25. The van der Waals surface area contributed by atoms with E-state index in [1.165, 1.54) is 6.07 Å². The van der Waals surface area contributed by atoms with E-state index in [4.69, 9.17) is 11.6 Å². The highest BCUT2D eigenvalue weighted by Crippen LogP contribution is 2.33. The van der Waals surface area contributed by atoms with Crippen LogP contribution in [0.4, 0.5) is 22.7 Å². The van der Waals surface area contributed by atoms with Crippen molar-refractivity contribution in [3.8, 4) is 0 Å². The van der Waals surface area contributed by atoms with Gasteiger partial charge in [0.05, 0.1) is 15.6 Å². The molecule has 34 heavy (non-hydrogen) atoms. The SMILES string of the molecule is CCC(=O)N1CCN(c2ccc(NC(=O)c3ccc(N4CCCC4)c([N+](=O)[O-])c3)cc2Cl)CC1. The Morgan fingerprint density at radius 3 is 2.24 bits per heavy atom. The molecule has 2 saturated heterocycles. The lowest BCUT2D eigenvalue weighted by Crippen LogP contribution is -2.48. The number of carbonyl (C=O) groups is 2. The van der Waals surface area contributed by atoms with Gasteiger partial charge < -0.3 is 20.0 Å². The Kier molecular flexibility index (Phi) is 7.21. The van der Waals surface area contributed by atoms with Crippen molar-refractivity contribution in [1.82, 2.24) is 4.90 Å². The zero-order valence-corrected chi connectivity index (χ0v) is 19.9. The lowest BCUT2D eigenvalue weighted by Gasteiger charge is -2.36. The maximum Gasteiger partial charge on any atom is 0.293 e. The minimum Gasteiger partial charge on any atom is -0.367 e. The Morgan fingerprint density at radius 1 is 0.971 bits per heavy atom. The largest absolute Gasteiger partial charge is 0.367 e. The third-order valence-corrected chi connectivity index (χ3v) is 6.66. The molecule has 0 saturated carbocycles. The van der Waals surface area contributed by atoms with Crippen LogP contribution in [0.5, 0.6) is 0 Å². The third kappa shape index (κ3) is 5.09. The Morgan fingerprint density at radius 2 is 1.62 bits per heavy atom. The molecule has 0 aliphatic carbocycles. The zero-order valence-electron chi connectivity index (χ0n) is 19.1. The quantitative estimate of drug-likeness (QED) is 0.487. The number of nitro benzene ring substituents is 1. The first kappa shape index (κ1) is 23.8. The van der Waals surface area contributed by atoms with Crippen LogP contribution in [0.2, 0.25) is 5.02 Å². The fourth-order valence-corrected chi connectivity index (χ4v) is 4.80. The van der Waals surface area contributed by atoms with Gasteiger partial charge in [-0.05, 0) is 43.2 Å². The normalized spacial score (nSPS) is 16.0. The van der Waals surface area contributed by atoms with Gasteiger partial charge in [0, 0.05) is 63.0 Å². The van der Waals surface area contributed by atoms with Gasteiger partial charge in [0.2, 0.25) is 5.91 Å². The van der Waals surface area contributed by atoms with Gasteiger partial charge in [0.15, 0.2) is 0 Å². The molecule has 0 radical (unpaired) electrons. The average molecular weight is 486 g/mol. The maximum absolute atomic E-state index is 12.8. The van der Waals surface area contributed by atoms with E-state index < -0.39 is 10.8 Å². The van der Waals surface area contributed by atoms with Gasteiger partial charge >= 0.3 is 0 Å². The average Bonchev–Trinajstić information content (AvgIpc) is 3.38. The predicted octanol–water partition coefficient (Wildman–Crippen LogP) is 4.16. The summed E-state index contributed by atoms with van der Waals surface area (Å²) in [7, 11) is 0. The molecule has 9 nitrogen and oxygen atoms in total. The van der Waals surface area contributed by atoms with Crippen molar-refractivity contribution in [2.24, 2.45) is 0 Å². The number of piperazine rings is 1. The number of rotatable bonds is 6. The minimum atomic E-state index is -0.441. The van der Waals surface area contributed by atoms with E-state index in [1.807, 2.05) is 22.8 Å². The van der Waals surface area contributed by atoms with Crippen molar-refractivity contribution in [3.05, 3.63) is 57.1 Å². The molecular weight excluding hydrogens is 458 g/mol. The van der Waals surface area contributed by atoms with Gasteiger partial charge in [-0.2, -0.15) is 0 Å². The molecule has 2 fully saturated rings. The second-order valence-electron chi connectivity index (χ2n) is 8.50. The van der Waals surface area contributed by atoms with E-state index in [-0.39, 0.29) is 17.2 Å². The van der Waals surface area contributed by atoms with E-state index in [0.717, 1.165) is 31.6 Å². The number of hydrogen-bond acceptors (Lipinski definition) is 6. The van der Waals surface area contributed by atoms with Crippen LogP contribution in [0.1, 0.15) is 36.5 Å². The summed E-state index contributed by atoms with van der Waals surface area (Å²) < 4.78 is 0. The number of amides is 2. The molecule has 2 aromatic rings. The van der Waals surface area contributed by atoms with Crippen LogP contribution < -0.4 is 15.1 Å². The van der Waals surface area contributed by atoms with Crippen LogP contribution >= 0.6 is 11.6 Å². The summed E-state index contributed by atoms with van der Waals surface area (Å²) >= 11 is 6.51. The molecule has 2 amide bonds. The summed E-state index contributed by atoms with van der Waals surface area (Å²) in [4.78, 5) is 41.8. The molecule has 2 heterocycles. The first-order valence-corrected chi connectivity index (χ1v) is 11.9. The number of nitro groups is 1. The lowest BCUT2D eigenvalue weighted by molar-refractivity contribution is -0.384. The molecular formula is C24H28ClN5O4. The predicted molar refractivity (Wildman–Crippen MR) is 133 cm³/mol. The molecule has 0 unspecified atom stereocenters. The fourth-order valence-electron chi connectivity index (χ4n) is 4.50. The van der Waals surface area contributed by atoms with Gasteiger partial charge in [0.1, 0.15) is 5.69 Å². The number of anilines is 3. The molecule has 0 spiro atoms. The summed E-state index contributed by atoms with van der Waals surface area (Å²) in [5, 5.41) is 14.9. The molecule has 0 atom stereocenters. The molecule has 0 bridgehead atoms. The fraction of sp³-hybridized carbons (Fsp3) is 0.417. The van der Waals surface area contributed by atoms with Gasteiger partial charge in [-0.3, -0.25) is 19.7 Å². The van der Waals surface area contributed by atoms with Crippen molar-refractivity contribution in [2.75, 3.05) is 54.4 Å². The number of benzene rings is 2. The number of halogens is 1.